The maximum atomic E-state index is 10.4. The van der Waals surface area contributed by atoms with E-state index in [0.29, 0.717) is 0 Å². The van der Waals surface area contributed by atoms with Crippen LogP contribution in [0.3, 0.4) is 0 Å². The third kappa shape index (κ3) is 3.06. The monoisotopic (exact) mass is 221 g/mol. The van der Waals surface area contributed by atoms with Gasteiger partial charge in [-0.3, -0.25) is 0 Å². The summed E-state index contributed by atoms with van der Waals surface area (Å²) in [6.45, 7) is 6.47. The van der Waals surface area contributed by atoms with Crippen molar-refractivity contribution in [3.63, 3.8) is 0 Å². The third-order valence-corrected chi connectivity index (χ3v) is 2.88. The van der Waals surface area contributed by atoms with Gasteiger partial charge in [-0.25, -0.2) is 0 Å². The van der Waals surface area contributed by atoms with Crippen LogP contribution >= 0.6 is 0 Å². The van der Waals surface area contributed by atoms with Crippen molar-refractivity contribution in [2.24, 2.45) is 5.41 Å². The van der Waals surface area contributed by atoms with E-state index in [9.17, 15) is 5.11 Å². The second-order valence-corrected chi connectivity index (χ2v) is 5.63. The Morgan fingerprint density at radius 3 is 1.94 bits per heavy atom. The van der Waals surface area contributed by atoms with Crippen molar-refractivity contribution < 1.29 is 5.11 Å². The molecule has 2 nitrogen and oxygen atoms in total. The predicted molar refractivity (Wildman–Crippen MR) is 68.3 cm³/mol. The standard InChI is InChI=1S/C14H23NO/c1-14(2,3)13(15(4)5)12(16)11-9-7-6-8-10-11/h6-10,12-13,16H,1-5H3/t12-,13-/m0/s1. The van der Waals surface area contributed by atoms with E-state index in [1.807, 2.05) is 44.4 Å². The Balaban J connectivity index is 2.97. The number of rotatable bonds is 3. The summed E-state index contributed by atoms with van der Waals surface area (Å²) in [7, 11) is 4.03. The lowest BCUT2D eigenvalue weighted by molar-refractivity contribution is 0.0130. The molecular weight excluding hydrogens is 198 g/mol. The molecule has 0 radical (unpaired) electrons. The number of aliphatic hydroxyl groups excluding tert-OH is 1. The minimum Gasteiger partial charge on any atom is -0.387 e. The number of nitrogens with zero attached hydrogens (tertiary/aromatic N) is 1. The van der Waals surface area contributed by atoms with Gasteiger partial charge in [0.05, 0.1) is 6.10 Å². The summed E-state index contributed by atoms with van der Waals surface area (Å²) in [6, 6.07) is 9.97. The molecule has 0 aliphatic rings. The Labute approximate surface area is 98.9 Å². The summed E-state index contributed by atoms with van der Waals surface area (Å²) in [4.78, 5) is 2.09. The molecule has 0 heterocycles. The van der Waals surface area contributed by atoms with Crippen LogP contribution in [0.1, 0.15) is 32.4 Å². The Hall–Kier alpha value is -0.860. The van der Waals surface area contributed by atoms with Crippen molar-refractivity contribution in [3.8, 4) is 0 Å². The fraction of sp³-hybridized carbons (Fsp3) is 0.571. The molecule has 1 aromatic carbocycles. The number of hydrogen-bond acceptors (Lipinski definition) is 2. The van der Waals surface area contributed by atoms with Gasteiger partial charge < -0.3 is 10.0 Å². The van der Waals surface area contributed by atoms with Gasteiger partial charge in [0.2, 0.25) is 0 Å². The van der Waals surface area contributed by atoms with Crippen molar-refractivity contribution >= 4 is 0 Å². The fourth-order valence-corrected chi connectivity index (χ4v) is 2.36. The quantitative estimate of drug-likeness (QED) is 0.848. The van der Waals surface area contributed by atoms with Crippen LogP contribution in [-0.4, -0.2) is 30.1 Å². The predicted octanol–water partition coefficient (Wildman–Crippen LogP) is 2.70. The van der Waals surface area contributed by atoms with Crippen LogP contribution in [-0.2, 0) is 0 Å². The zero-order valence-corrected chi connectivity index (χ0v) is 10.9. The maximum Gasteiger partial charge on any atom is 0.0950 e. The maximum absolute atomic E-state index is 10.4. The van der Waals surface area contributed by atoms with Crippen LogP contribution in [0, 0.1) is 5.41 Å². The summed E-state index contributed by atoms with van der Waals surface area (Å²) < 4.78 is 0. The minimum atomic E-state index is -0.448. The minimum absolute atomic E-state index is 0.0404. The van der Waals surface area contributed by atoms with Crippen molar-refractivity contribution in [1.29, 1.82) is 0 Å². The molecule has 0 aromatic heterocycles. The van der Waals surface area contributed by atoms with Crippen LogP contribution in [0.15, 0.2) is 30.3 Å². The Kier molecular flexibility index (Phi) is 4.11. The topological polar surface area (TPSA) is 23.5 Å². The van der Waals surface area contributed by atoms with Gasteiger partial charge in [0.15, 0.2) is 0 Å². The van der Waals surface area contributed by atoms with Crippen molar-refractivity contribution in [2.75, 3.05) is 14.1 Å². The summed E-state index contributed by atoms with van der Waals surface area (Å²) in [5.41, 5.74) is 1.02. The second-order valence-electron chi connectivity index (χ2n) is 5.63. The summed E-state index contributed by atoms with van der Waals surface area (Å²) in [5.74, 6) is 0. The van der Waals surface area contributed by atoms with Gasteiger partial charge in [0.25, 0.3) is 0 Å². The summed E-state index contributed by atoms with van der Waals surface area (Å²) >= 11 is 0. The third-order valence-electron chi connectivity index (χ3n) is 2.88. The molecule has 0 aliphatic carbocycles. The van der Waals surface area contributed by atoms with Crippen LogP contribution < -0.4 is 0 Å². The molecule has 0 unspecified atom stereocenters. The van der Waals surface area contributed by atoms with E-state index in [1.54, 1.807) is 0 Å². The van der Waals surface area contributed by atoms with Gasteiger partial charge >= 0.3 is 0 Å². The largest absolute Gasteiger partial charge is 0.387 e. The van der Waals surface area contributed by atoms with E-state index in [1.165, 1.54) is 0 Å². The highest BCUT2D eigenvalue weighted by Crippen LogP contribution is 2.32. The molecule has 2 atom stereocenters. The smallest absolute Gasteiger partial charge is 0.0950 e. The average molecular weight is 221 g/mol. The van der Waals surface area contributed by atoms with E-state index >= 15 is 0 Å². The second kappa shape index (κ2) is 4.98. The van der Waals surface area contributed by atoms with Crippen LogP contribution in [0.5, 0.6) is 0 Å². The molecule has 1 rings (SSSR count). The highest BCUT2D eigenvalue weighted by molar-refractivity contribution is 5.19. The van der Waals surface area contributed by atoms with Gasteiger partial charge in [0, 0.05) is 6.04 Å². The fourth-order valence-electron chi connectivity index (χ4n) is 2.36. The number of aliphatic hydroxyl groups is 1. The van der Waals surface area contributed by atoms with Gasteiger partial charge in [-0.15, -0.1) is 0 Å². The van der Waals surface area contributed by atoms with Gasteiger partial charge in [-0.05, 0) is 25.1 Å². The average Bonchev–Trinajstić information content (AvgIpc) is 2.16. The first-order valence-corrected chi connectivity index (χ1v) is 5.73. The highest BCUT2D eigenvalue weighted by Gasteiger charge is 2.33. The van der Waals surface area contributed by atoms with Crippen LogP contribution in [0.25, 0.3) is 0 Å². The lowest BCUT2D eigenvalue weighted by Gasteiger charge is -2.39. The molecule has 0 spiro atoms. The molecular formula is C14H23NO. The normalized spacial score (nSPS) is 16.2. The Bertz CT molecular complexity index is 313. The van der Waals surface area contributed by atoms with E-state index in [-0.39, 0.29) is 11.5 Å². The van der Waals surface area contributed by atoms with E-state index in [4.69, 9.17) is 0 Å². The molecule has 0 saturated heterocycles. The first-order valence-electron chi connectivity index (χ1n) is 5.73. The molecule has 1 aromatic rings. The molecule has 0 fully saturated rings. The van der Waals surface area contributed by atoms with E-state index in [2.05, 4.69) is 25.7 Å². The highest BCUT2D eigenvalue weighted by atomic mass is 16.3. The summed E-state index contributed by atoms with van der Waals surface area (Å²) in [5, 5.41) is 10.4. The molecule has 0 bridgehead atoms. The lowest BCUT2D eigenvalue weighted by Crippen LogP contribution is -2.44. The van der Waals surface area contributed by atoms with Crippen LogP contribution in [0.4, 0.5) is 0 Å². The van der Waals surface area contributed by atoms with E-state index in [0.717, 1.165) is 5.56 Å². The molecule has 0 amide bonds. The first kappa shape index (κ1) is 13.2. The molecule has 90 valence electrons. The molecule has 0 aliphatic heterocycles. The van der Waals surface area contributed by atoms with Crippen molar-refractivity contribution in [3.05, 3.63) is 35.9 Å². The zero-order chi connectivity index (χ0) is 12.3. The zero-order valence-electron chi connectivity index (χ0n) is 10.9. The lowest BCUT2D eigenvalue weighted by atomic mass is 9.80. The Morgan fingerprint density at radius 2 is 1.56 bits per heavy atom. The molecule has 0 saturated carbocycles. The molecule has 16 heavy (non-hydrogen) atoms. The van der Waals surface area contributed by atoms with Gasteiger partial charge in [-0.1, -0.05) is 51.1 Å². The van der Waals surface area contributed by atoms with E-state index < -0.39 is 6.10 Å². The van der Waals surface area contributed by atoms with Gasteiger partial charge in [-0.2, -0.15) is 0 Å². The number of likely N-dealkylation sites (N-methyl/N-ethyl adjacent to an activating group) is 1. The number of hydrogen-bond donors (Lipinski definition) is 1. The SMILES string of the molecule is CN(C)[C@@H]([C@@H](O)c1ccccc1)C(C)(C)C. The Morgan fingerprint density at radius 1 is 1.06 bits per heavy atom. The summed E-state index contributed by atoms with van der Waals surface area (Å²) in [6.07, 6.45) is -0.448. The number of benzene rings is 1. The van der Waals surface area contributed by atoms with Crippen molar-refractivity contribution in [1.82, 2.24) is 4.90 Å². The van der Waals surface area contributed by atoms with Crippen molar-refractivity contribution in [2.45, 2.75) is 32.9 Å². The molecule has 2 heteroatoms. The first-order chi connectivity index (χ1) is 7.34. The van der Waals surface area contributed by atoms with Gasteiger partial charge in [0.1, 0.15) is 0 Å². The van der Waals surface area contributed by atoms with Crippen LogP contribution in [0.2, 0.25) is 0 Å². The molecule has 1 N–H and O–H groups in total.